The highest BCUT2D eigenvalue weighted by Gasteiger charge is 2.27. The highest BCUT2D eigenvalue weighted by molar-refractivity contribution is 6.29. The molecule has 0 aromatic carbocycles. The molecule has 104 valence electrons. The van der Waals surface area contributed by atoms with E-state index in [0.29, 0.717) is 11.9 Å². The molecule has 1 unspecified atom stereocenters. The van der Waals surface area contributed by atoms with E-state index >= 15 is 0 Å². The van der Waals surface area contributed by atoms with E-state index < -0.39 is 4.92 Å². The molecule has 0 saturated carbocycles. The molecule has 0 bridgehead atoms. The second-order valence-corrected chi connectivity index (χ2v) is 5.33. The zero-order chi connectivity index (χ0) is 14.0. The summed E-state index contributed by atoms with van der Waals surface area (Å²) in [5.74, 6) is 0.379. The standard InChI is InChI=1S/C12H17ClN4O2/c1-15(2)9-4-3-7-16(8-9)12-10(17(18)19)5-6-11(13)14-12/h5-6,9H,3-4,7-8H2,1-2H3. The number of likely N-dealkylation sites (N-methyl/N-ethyl adjacent to an activating group) is 1. The molecular weight excluding hydrogens is 268 g/mol. The number of rotatable bonds is 3. The molecular formula is C12H17ClN4O2. The summed E-state index contributed by atoms with van der Waals surface area (Å²) in [4.78, 5) is 18.9. The first-order valence-electron chi connectivity index (χ1n) is 6.21. The van der Waals surface area contributed by atoms with Crippen molar-refractivity contribution in [2.24, 2.45) is 0 Å². The van der Waals surface area contributed by atoms with Crippen LogP contribution in [0.4, 0.5) is 11.5 Å². The molecule has 1 fully saturated rings. The van der Waals surface area contributed by atoms with E-state index in [1.165, 1.54) is 12.1 Å². The molecule has 7 heteroatoms. The van der Waals surface area contributed by atoms with Crippen LogP contribution >= 0.6 is 11.6 Å². The molecule has 2 rings (SSSR count). The van der Waals surface area contributed by atoms with Crippen LogP contribution in [-0.2, 0) is 0 Å². The van der Waals surface area contributed by atoms with Gasteiger partial charge in [-0.1, -0.05) is 11.6 Å². The van der Waals surface area contributed by atoms with Gasteiger partial charge in [0.15, 0.2) is 0 Å². The van der Waals surface area contributed by atoms with Crippen molar-refractivity contribution in [1.29, 1.82) is 0 Å². The minimum atomic E-state index is -0.405. The van der Waals surface area contributed by atoms with Gasteiger partial charge in [-0.15, -0.1) is 0 Å². The van der Waals surface area contributed by atoms with Gasteiger partial charge in [0.2, 0.25) is 5.82 Å². The molecule has 1 aromatic heterocycles. The molecule has 1 aliphatic rings. The number of anilines is 1. The number of hydrogen-bond donors (Lipinski definition) is 0. The quantitative estimate of drug-likeness (QED) is 0.484. The Hall–Kier alpha value is -1.40. The van der Waals surface area contributed by atoms with Gasteiger partial charge in [0.25, 0.3) is 0 Å². The van der Waals surface area contributed by atoms with Crippen molar-refractivity contribution < 1.29 is 4.92 Å². The topological polar surface area (TPSA) is 62.5 Å². The highest BCUT2D eigenvalue weighted by atomic mass is 35.5. The Morgan fingerprint density at radius 2 is 2.26 bits per heavy atom. The van der Waals surface area contributed by atoms with Gasteiger partial charge in [0, 0.05) is 25.2 Å². The van der Waals surface area contributed by atoms with Crippen LogP contribution in [0.15, 0.2) is 12.1 Å². The van der Waals surface area contributed by atoms with Crippen LogP contribution < -0.4 is 4.90 Å². The van der Waals surface area contributed by atoms with Gasteiger partial charge in [-0.3, -0.25) is 10.1 Å². The smallest absolute Gasteiger partial charge is 0.311 e. The number of nitrogens with zero attached hydrogens (tertiary/aromatic N) is 4. The van der Waals surface area contributed by atoms with Crippen LogP contribution in [0.1, 0.15) is 12.8 Å². The fourth-order valence-corrected chi connectivity index (χ4v) is 2.50. The normalized spacial score (nSPS) is 19.8. The Morgan fingerprint density at radius 1 is 1.53 bits per heavy atom. The van der Waals surface area contributed by atoms with Gasteiger partial charge in [-0.05, 0) is 33.0 Å². The van der Waals surface area contributed by atoms with E-state index in [0.717, 1.165) is 25.9 Å². The Balaban J connectivity index is 2.30. The van der Waals surface area contributed by atoms with Gasteiger partial charge < -0.3 is 9.80 Å². The van der Waals surface area contributed by atoms with Crippen molar-refractivity contribution in [1.82, 2.24) is 9.88 Å². The average molecular weight is 285 g/mol. The minimum absolute atomic E-state index is 0.0174. The second-order valence-electron chi connectivity index (χ2n) is 4.94. The Kier molecular flexibility index (Phi) is 4.21. The molecule has 0 spiro atoms. The molecule has 6 nitrogen and oxygen atoms in total. The molecule has 0 N–H and O–H groups in total. The van der Waals surface area contributed by atoms with Crippen molar-refractivity contribution in [3.8, 4) is 0 Å². The van der Waals surface area contributed by atoms with Crippen molar-refractivity contribution in [2.45, 2.75) is 18.9 Å². The zero-order valence-electron chi connectivity index (χ0n) is 11.0. The lowest BCUT2D eigenvalue weighted by Gasteiger charge is -2.36. The lowest BCUT2D eigenvalue weighted by atomic mass is 10.0. The first kappa shape index (κ1) is 14.0. The van der Waals surface area contributed by atoms with Crippen molar-refractivity contribution in [3.05, 3.63) is 27.4 Å². The fraction of sp³-hybridized carbons (Fsp3) is 0.583. The lowest BCUT2D eigenvalue weighted by Crippen LogP contribution is -2.45. The van der Waals surface area contributed by atoms with Gasteiger partial charge in [-0.25, -0.2) is 4.98 Å². The van der Waals surface area contributed by atoms with Gasteiger partial charge in [-0.2, -0.15) is 0 Å². The van der Waals surface area contributed by atoms with Crippen LogP contribution in [0.3, 0.4) is 0 Å². The lowest BCUT2D eigenvalue weighted by molar-refractivity contribution is -0.384. The Bertz CT molecular complexity index is 481. The van der Waals surface area contributed by atoms with Crippen LogP contribution in [0.2, 0.25) is 5.15 Å². The number of pyridine rings is 1. The molecule has 1 atom stereocenters. The fourth-order valence-electron chi connectivity index (χ4n) is 2.36. The summed E-state index contributed by atoms with van der Waals surface area (Å²) in [5.41, 5.74) is 0.0174. The maximum Gasteiger partial charge on any atom is 0.311 e. The number of hydrogen-bond acceptors (Lipinski definition) is 5. The Labute approximate surface area is 117 Å². The average Bonchev–Trinajstić information content (AvgIpc) is 2.38. The van der Waals surface area contributed by atoms with Crippen LogP contribution in [0, 0.1) is 10.1 Å². The number of aromatic nitrogens is 1. The molecule has 0 aliphatic carbocycles. The third-order valence-electron chi connectivity index (χ3n) is 3.44. The van der Waals surface area contributed by atoms with E-state index in [-0.39, 0.29) is 10.8 Å². The van der Waals surface area contributed by atoms with Gasteiger partial charge in [0.1, 0.15) is 5.15 Å². The van der Waals surface area contributed by atoms with Crippen LogP contribution in [0.25, 0.3) is 0 Å². The zero-order valence-corrected chi connectivity index (χ0v) is 11.8. The van der Waals surface area contributed by atoms with Gasteiger partial charge in [0.05, 0.1) is 4.92 Å². The van der Waals surface area contributed by atoms with E-state index in [1.807, 2.05) is 19.0 Å². The molecule has 1 saturated heterocycles. The second kappa shape index (κ2) is 5.71. The van der Waals surface area contributed by atoms with E-state index in [1.54, 1.807) is 0 Å². The van der Waals surface area contributed by atoms with Crippen LogP contribution in [0.5, 0.6) is 0 Å². The first-order chi connectivity index (χ1) is 8.99. The molecule has 1 aliphatic heterocycles. The van der Waals surface area contributed by atoms with E-state index in [4.69, 9.17) is 11.6 Å². The van der Waals surface area contributed by atoms with E-state index in [2.05, 4.69) is 9.88 Å². The molecule has 0 radical (unpaired) electrons. The first-order valence-corrected chi connectivity index (χ1v) is 6.59. The summed E-state index contributed by atoms with van der Waals surface area (Å²) in [6.45, 7) is 1.51. The summed E-state index contributed by atoms with van der Waals surface area (Å²) < 4.78 is 0. The Morgan fingerprint density at radius 3 is 2.89 bits per heavy atom. The van der Waals surface area contributed by atoms with Crippen LogP contribution in [-0.4, -0.2) is 48.0 Å². The number of halogens is 1. The largest absolute Gasteiger partial charge is 0.349 e. The summed E-state index contributed by atoms with van der Waals surface area (Å²) in [7, 11) is 4.04. The highest BCUT2D eigenvalue weighted by Crippen LogP contribution is 2.30. The number of piperidine rings is 1. The monoisotopic (exact) mass is 284 g/mol. The number of nitro groups is 1. The van der Waals surface area contributed by atoms with Crippen molar-refractivity contribution >= 4 is 23.1 Å². The predicted molar refractivity (Wildman–Crippen MR) is 74.8 cm³/mol. The summed E-state index contributed by atoms with van der Waals surface area (Å²) in [6.07, 6.45) is 2.09. The third-order valence-corrected chi connectivity index (χ3v) is 3.65. The molecule has 1 aromatic rings. The third kappa shape index (κ3) is 3.13. The maximum absolute atomic E-state index is 11.1. The van der Waals surface area contributed by atoms with E-state index in [9.17, 15) is 10.1 Å². The minimum Gasteiger partial charge on any atom is -0.349 e. The summed E-state index contributed by atoms with van der Waals surface area (Å²) in [6, 6.07) is 3.26. The molecule has 19 heavy (non-hydrogen) atoms. The van der Waals surface area contributed by atoms with Crippen molar-refractivity contribution in [2.75, 3.05) is 32.1 Å². The molecule has 2 heterocycles. The van der Waals surface area contributed by atoms with Gasteiger partial charge >= 0.3 is 5.69 Å². The maximum atomic E-state index is 11.1. The predicted octanol–water partition coefficient (Wildman–Crippen LogP) is 2.17. The summed E-state index contributed by atoms with van der Waals surface area (Å²) in [5, 5.41) is 11.4. The summed E-state index contributed by atoms with van der Waals surface area (Å²) >= 11 is 5.87. The van der Waals surface area contributed by atoms with Crippen molar-refractivity contribution in [3.63, 3.8) is 0 Å². The molecule has 0 amide bonds. The SMILES string of the molecule is CN(C)C1CCCN(c2nc(Cl)ccc2[N+](=O)[O-])C1.